The SMILES string of the molecule is COc1cccc(C(C)C2CCCN2)c1. The molecule has 0 aliphatic carbocycles. The minimum absolute atomic E-state index is 0.572. The third-order valence-electron chi connectivity index (χ3n) is 3.32. The van der Waals surface area contributed by atoms with Gasteiger partial charge in [-0.3, -0.25) is 0 Å². The smallest absolute Gasteiger partial charge is 0.119 e. The highest BCUT2D eigenvalue weighted by Crippen LogP contribution is 2.27. The van der Waals surface area contributed by atoms with Crippen molar-refractivity contribution in [3.05, 3.63) is 29.8 Å². The van der Waals surface area contributed by atoms with Crippen LogP contribution in [0.4, 0.5) is 0 Å². The van der Waals surface area contributed by atoms with E-state index in [4.69, 9.17) is 4.74 Å². The maximum atomic E-state index is 5.25. The van der Waals surface area contributed by atoms with E-state index in [9.17, 15) is 0 Å². The second-order valence-electron chi connectivity index (χ2n) is 4.27. The molecule has 0 bridgehead atoms. The summed E-state index contributed by atoms with van der Waals surface area (Å²) in [5.74, 6) is 1.53. The largest absolute Gasteiger partial charge is 0.497 e. The first-order valence-corrected chi connectivity index (χ1v) is 5.68. The summed E-state index contributed by atoms with van der Waals surface area (Å²) in [5, 5.41) is 3.55. The quantitative estimate of drug-likeness (QED) is 0.818. The first-order valence-electron chi connectivity index (χ1n) is 5.68. The lowest BCUT2D eigenvalue weighted by Gasteiger charge is -2.20. The van der Waals surface area contributed by atoms with Crippen LogP contribution < -0.4 is 10.1 Å². The molecule has 0 aromatic heterocycles. The van der Waals surface area contributed by atoms with Gasteiger partial charge in [0.25, 0.3) is 0 Å². The fourth-order valence-electron chi connectivity index (χ4n) is 2.30. The van der Waals surface area contributed by atoms with Crippen LogP contribution in [0.3, 0.4) is 0 Å². The van der Waals surface area contributed by atoms with Crippen LogP contribution in [-0.4, -0.2) is 19.7 Å². The van der Waals surface area contributed by atoms with Crippen molar-refractivity contribution in [1.82, 2.24) is 5.32 Å². The van der Waals surface area contributed by atoms with Crippen molar-refractivity contribution in [2.75, 3.05) is 13.7 Å². The Bertz CT molecular complexity index is 318. The van der Waals surface area contributed by atoms with Gasteiger partial charge in [0.1, 0.15) is 5.75 Å². The van der Waals surface area contributed by atoms with Crippen LogP contribution in [0.2, 0.25) is 0 Å². The van der Waals surface area contributed by atoms with E-state index >= 15 is 0 Å². The lowest BCUT2D eigenvalue weighted by Crippen LogP contribution is -2.27. The van der Waals surface area contributed by atoms with Crippen molar-refractivity contribution in [3.8, 4) is 5.75 Å². The second-order valence-corrected chi connectivity index (χ2v) is 4.27. The standard InChI is InChI=1S/C13H19NO/c1-10(13-7-4-8-14-13)11-5-3-6-12(9-11)15-2/h3,5-6,9-10,13-14H,4,7-8H2,1-2H3. The van der Waals surface area contributed by atoms with E-state index in [0.717, 1.165) is 5.75 Å². The third-order valence-corrected chi connectivity index (χ3v) is 3.32. The predicted octanol–water partition coefficient (Wildman–Crippen LogP) is 2.55. The zero-order valence-corrected chi connectivity index (χ0v) is 9.49. The maximum Gasteiger partial charge on any atom is 0.119 e. The van der Waals surface area contributed by atoms with Gasteiger partial charge in [-0.25, -0.2) is 0 Å². The first kappa shape index (κ1) is 10.5. The fourth-order valence-corrected chi connectivity index (χ4v) is 2.30. The monoisotopic (exact) mass is 205 g/mol. The summed E-state index contributed by atoms with van der Waals surface area (Å²) in [6.07, 6.45) is 2.59. The summed E-state index contributed by atoms with van der Waals surface area (Å²) in [6, 6.07) is 9.03. The van der Waals surface area contributed by atoms with Gasteiger partial charge in [-0.1, -0.05) is 19.1 Å². The topological polar surface area (TPSA) is 21.3 Å². The van der Waals surface area contributed by atoms with Gasteiger partial charge in [0.05, 0.1) is 7.11 Å². The van der Waals surface area contributed by atoms with Gasteiger partial charge in [-0.15, -0.1) is 0 Å². The molecule has 1 heterocycles. The fraction of sp³-hybridized carbons (Fsp3) is 0.538. The lowest BCUT2D eigenvalue weighted by atomic mass is 9.92. The maximum absolute atomic E-state index is 5.25. The third kappa shape index (κ3) is 2.32. The highest BCUT2D eigenvalue weighted by atomic mass is 16.5. The summed E-state index contributed by atoms with van der Waals surface area (Å²) >= 11 is 0. The summed E-state index contributed by atoms with van der Waals surface area (Å²) in [6.45, 7) is 3.46. The molecule has 1 aromatic carbocycles. The van der Waals surface area contributed by atoms with Gasteiger partial charge in [0, 0.05) is 6.04 Å². The van der Waals surface area contributed by atoms with Crippen molar-refractivity contribution in [1.29, 1.82) is 0 Å². The van der Waals surface area contributed by atoms with Crippen molar-refractivity contribution >= 4 is 0 Å². The zero-order valence-electron chi connectivity index (χ0n) is 9.49. The van der Waals surface area contributed by atoms with Crippen LogP contribution in [0.5, 0.6) is 5.75 Å². The normalized spacial score (nSPS) is 22.7. The Hall–Kier alpha value is -1.02. The molecular formula is C13H19NO. The number of hydrogen-bond acceptors (Lipinski definition) is 2. The van der Waals surface area contributed by atoms with Crippen LogP contribution in [0.1, 0.15) is 31.2 Å². The van der Waals surface area contributed by atoms with E-state index in [0.29, 0.717) is 12.0 Å². The molecule has 0 saturated carbocycles. The van der Waals surface area contributed by atoms with Gasteiger partial charge in [-0.2, -0.15) is 0 Å². The number of hydrogen-bond donors (Lipinski definition) is 1. The number of methoxy groups -OCH3 is 1. The molecule has 2 unspecified atom stereocenters. The Morgan fingerprint density at radius 1 is 1.47 bits per heavy atom. The molecule has 82 valence electrons. The molecule has 15 heavy (non-hydrogen) atoms. The molecule has 2 atom stereocenters. The Labute approximate surface area is 91.6 Å². The van der Waals surface area contributed by atoms with Gasteiger partial charge < -0.3 is 10.1 Å². The summed E-state index contributed by atoms with van der Waals surface area (Å²) in [7, 11) is 1.72. The molecule has 0 spiro atoms. The minimum atomic E-state index is 0.572. The van der Waals surface area contributed by atoms with Gasteiger partial charge in [0.15, 0.2) is 0 Å². The van der Waals surface area contributed by atoms with Crippen LogP contribution in [-0.2, 0) is 0 Å². The van der Waals surface area contributed by atoms with E-state index < -0.39 is 0 Å². The van der Waals surface area contributed by atoms with Gasteiger partial charge in [0.2, 0.25) is 0 Å². The Kier molecular flexibility index (Phi) is 3.27. The van der Waals surface area contributed by atoms with E-state index in [1.165, 1.54) is 24.9 Å². The highest BCUT2D eigenvalue weighted by Gasteiger charge is 2.22. The second kappa shape index (κ2) is 4.67. The average Bonchev–Trinajstić information content (AvgIpc) is 2.81. The van der Waals surface area contributed by atoms with Gasteiger partial charge >= 0.3 is 0 Å². The van der Waals surface area contributed by atoms with Crippen molar-refractivity contribution < 1.29 is 4.74 Å². The van der Waals surface area contributed by atoms with Crippen LogP contribution in [0, 0.1) is 0 Å². The molecule has 0 amide bonds. The molecule has 2 rings (SSSR count). The summed E-state index contributed by atoms with van der Waals surface area (Å²) in [5.41, 5.74) is 1.37. The van der Waals surface area contributed by atoms with Crippen LogP contribution in [0.15, 0.2) is 24.3 Å². The number of nitrogens with one attached hydrogen (secondary N) is 1. The van der Waals surface area contributed by atoms with Crippen molar-refractivity contribution in [3.63, 3.8) is 0 Å². The lowest BCUT2D eigenvalue weighted by molar-refractivity contribution is 0.413. The number of rotatable bonds is 3. The van der Waals surface area contributed by atoms with Crippen molar-refractivity contribution in [2.45, 2.75) is 31.7 Å². The van der Waals surface area contributed by atoms with E-state index in [2.05, 4.69) is 30.4 Å². The average molecular weight is 205 g/mol. The minimum Gasteiger partial charge on any atom is -0.497 e. The predicted molar refractivity (Wildman–Crippen MR) is 62.4 cm³/mol. The molecule has 2 nitrogen and oxygen atoms in total. The molecular weight excluding hydrogens is 186 g/mol. The van der Waals surface area contributed by atoms with Crippen LogP contribution in [0.25, 0.3) is 0 Å². The summed E-state index contributed by atoms with van der Waals surface area (Å²) in [4.78, 5) is 0. The van der Waals surface area contributed by atoms with Crippen LogP contribution >= 0.6 is 0 Å². The van der Waals surface area contributed by atoms with E-state index in [1.807, 2.05) is 6.07 Å². The van der Waals surface area contributed by atoms with Crippen molar-refractivity contribution in [2.24, 2.45) is 0 Å². The number of benzene rings is 1. The van der Waals surface area contributed by atoms with E-state index in [-0.39, 0.29) is 0 Å². The first-order chi connectivity index (χ1) is 7.31. The Balaban J connectivity index is 2.13. The molecule has 2 heteroatoms. The Morgan fingerprint density at radius 3 is 3.00 bits per heavy atom. The van der Waals surface area contributed by atoms with Gasteiger partial charge in [-0.05, 0) is 43.0 Å². The number of ether oxygens (including phenoxy) is 1. The molecule has 1 aliphatic rings. The molecule has 1 fully saturated rings. The molecule has 1 saturated heterocycles. The molecule has 1 aliphatic heterocycles. The highest BCUT2D eigenvalue weighted by molar-refractivity contribution is 5.31. The molecule has 1 aromatic rings. The molecule has 0 radical (unpaired) electrons. The summed E-state index contributed by atoms with van der Waals surface area (Å²) < 4.78 is 5.25. The van der Waals surface area contributed by atoms with E-state index in [1.54, 1.807) is 7.11 Å². The Morgan fingerprint density at radius 2 is 2.33 bits per heavy atom. The molecule has 1 N–H and O–H groups in total. The zero-order chi connectivity index (χ0) is 10.7.